The fourth-order valence-electron chi connectivity index (χ4n) is 3.38. The molecule has 0 aliphatic heterocycles. The predicted molar refractivity (Wildman–Crippen MR) is 112 cm³/mol. The number of hydrogen-bond acceptors (Lipinski definition) is 6. The highest BCUT2D eigenvalue weighted by Gasteiger charge is 2.22. The molecule has 0 saturated heterocycles. The van der Waals surface area contributed by atoms with Crippen LogP contribution in [0.3, 0.4) is 0 Å². The summed E-state index contributed by atoms with van der Waals surface area (Å²) in [5, 5.41) is 18.2. The van der Waals surface area contributed by atoms with Gasteiger partial charge in [-0.05, 0) is 35.9 Å². The first-order valence-corrected chi connectivity index (χ1v) is 9.63. The largest absolute Gasteiger partial charge is 0.469 e. The Labute approximate surface area is 179 Å². The van der Waals surface area contributed by atoms with Crippen LogP contribution in [0.4, 0.5) is 4.39 Å². The number of fused-ring (bicyclic) bond motifs is 3. The van der Waals surface area contributed by atoms with Crippen LogP contribution < -0.4 is 0 Å². The first-order valence-electron chi connectivity index (χ1n) is 9.26. The van der Waals surface area contributed by atoms with Gasteiger partial charge in [0.2, 0.25) is 0 Å². The molecule has 0 fully saturated rings. The van der Waals surface area contributed by atoms with Gasteiger partial charge in [-0.1, -0.05) is 29.8 Å². The minimum Gasteiger partial charge on any atom is -0.469 e. The summed E-state index contributed by atoms with van der Waals surface area (Å²) in [6.45, 7) is 0. The van der Waals surface area contributed by atoms with E-state index in [0.717, 1.165) is 11.1 Å². The number of benzene rings is 2. The minimum absolute atomic E-state index is 0.110. The summed E-state index contributed by atoms with van der Waals surface area (Å²) in [7, 11) is 1.30. The predicted octanol–water partition coefficient (Wildman–Crippen LogP) is 3.64. The molecule has 0 radical (unpaired) electrons. The average molecular weight is 437 g/mol. The Bertz CT molecular complexity index is 1440. The van der Waals surface area contributed by atoms with Crippen LogP contribution in [-0.2, 0) is 16.0 Å². The molecule has 3 aromatic heterocycles. The van der Waals surface area contributed by atoms with Crippen molar-refractivity contribution in [2.24, 2.45) is 0 Å². The second kappa shape index (κ2) is 7.44. The van der Waals surface area contributed by atoms with Gasteiger partial charge >= 0.3 is 5.97 Å². The van der Waals surface area contributed by atoms with Gasteiger partial charge in [-0.3, -0.25) is 4.79 Å². The monoisotopic (exact) mass is 436 g/mol. The molecule has 31 heavy (non-hydrogen) atoms. The van der Waals surface area contributed by atoms with E-state index in [-0.39, 0.29) is 6.42 Å². The number of esters is 1. The van der Waals surface area contributed by atoms with Gasteiger partial charge in [0, 0.05) is 10.6 Å². The lowest BCUT2D eigenvalue weighted by Crippen LogP contribution is -2.06. The molecule has 0 aliphatic rings. The van der Waals surface area contributed by atoms with Crippen LogP contribution >= 0.6 is 11.6 Å². The Morgan fingerprint density at radius 2 is 1.97 bits per heavy atom. The molecular weight excluding hydrogens is 423 g/mol. The number of halogens is 2. The SMILES string of the molecule is COC(=O)Cc1nn(-c2cccc(F)c2)c2c1nnc1c(-c3ccc(Cl)cc3)cnn12. The maximum atomic E-state index is 13.9. The average Bonchev–Trinajstić information content (AvgIpc) is 3.36. The van der Waals surface area contributed by atoms with E-state index in [1.807, 2.05) is 12.1 Å². The zero-order valence-corrected chi connectivity index (χ0v) is 16.9. The summed E-state index contributed by atoms with van der Waals surface area (Å²) in [6, 6.07) is 13.2. The molecule has 8 nitrogen and oxygen atoms in total. The zero-order chi connectivity index (χ0) is 21.5. The van der Waals surface area contributed by atoms with Gasteiger partial charge in [0.15, 0.2) is 16.8 Å². The van der Waals surface area contributed by atoms with E-state index in [2.05, 4.69) is 20.4 Å². The molecule has 3 heterocycles. The zero-order valence-electron chi connectivity index (χ0n) is 16.2. The lowest BCUT2D eigenvalue weighted by Gasteiger charge is -2.04. The molecule has 0 N–H and O–H groups in total. The van der Waals surface area contributed by atoms with Crippen LogP contribution in [0.5, 0.6) is 0 Å². The van der Waals surface area contributed by atoms with Crippen LogP contribution in [0.25, 0.3) is 33.6 Å². The van der Waals surface area contributed by atoms with E-state index in [1.54, 1.807) is 35.0 Å². The van der Waals surface area contributed by atoms with Crippen molar-refractivity contribution in [2.75, 3.05) is 7.11 Å². The standard InChI is InChI=1S/C21H14ClFN6O2/c1-31-18(30)10-17-19-21(28(27-17)15-4-2-3-14(23)9-15)29-20(26-25-19)16(11-24-29)12-5-7-13(22)8-6-12/h2-9,11H,10H2,1H3. The number of nitrogens with zero attached hydrogens (tertiary/aromatic N) is 6. The van der Waals surface area contributed by atoms with Crippen molar-refractivity contribution in [1.82, 2.24) is 29.6 Å². The smallest absolute Gasteiger partial charge is 0.311 e. The molecule has 5 aromatic rings. The van der Waals surface area contributed by atoms with E-state index in [0.29, 0.717) is 33.2 Å². The van der Waals surface area contributed by atoms with Gasteiger partial charge in [0.1, 0.15) is 11.5 Å². The number of ether oxygens (including phenoxy) is 1. The number of rotatable bonds is 4. The first-order chi connectivity index (χ1) is 15.0. The number of methoxy groups -OCH3 is 1. The van der Waals surface area contributed by atoms with Crippen molar-refractivity contribution in [3.8, 4) is 16.8 Å². The van der Waals surface area contributed by atoms with Gasteiger partial charge in [0.25, 0.3) is 0 Å². The highest BCUT2D eigenvalue weighted by Crippen LogP contribution is 2.28. The first kappa shape index (κ1) is 19.1. The summed E-state index contributed by atoms with van der Waals surface area (Å²) >= 11 is 6.00. The molecule has 0 bridgehead atoms. The van der Waals surface area contributed by atoms with Gasteiger partial charge in [-0.15, -0.1) is 10.2 Å². The number of carbonyl (C=O) groups excluding carboxylic acids is 1. The van der Waals surface area contributed by atoms with Crippen molar-refractivity contribution < 1.29 is 13.9 Å². The van der Waals surface area contributed by atoms with Crippen molar-refractivity contribution in [1.29, 1.82) is 0 Å². The van der Waals surface area contributed by atoms with Crippen LogP contribution in [0.2, 0.25) is 5.02 Å². The molecule has 5 rings (SSSR count). The van der Waals surface area contributed by atoms with Crippen molar-refractivity contribution in [2.45, 2.75) is 6.42 Å². The van der Waals surface area contributed by atoms with Gasteiger partial charge in [-0.2, -0.15) is 14.7 Å². The van der Waals surface area contributed by atoms with E-state index in [4.69, 9.17) is 16.3 Å². The molecule has 0 spiro atoms. The molecular formula is C21H14ClFN6O2. The Balaban J connectivity index is 1.79. The summed E-state index contributed by atoms with van der Waals surface area (Å²) in [5.41, 5.74) is 3.72. The third kappa shape index (κ3) is 3.28. The van der Waals surface area contributed by atoms with E-state index < -0.39 is 11.8 Å². The second-order valence-corrected chi connectivity index (χ2v) is 7.20. The minimum atomic E-state index is -0.477. The Morgan fingerprint density at radius 3 is 2.71 bits per heavy atom. The lowest BCUT2D eigenvalue weighted by molar-refractivity contribution is -0.139. The Kier molecular flexibility index (Phi) is 4.59. The summed E-state index contributed by atoms with van der Waals surface area (Å²) in [5.74, 6) is -0.897. The summed E-state index contributed by atoms with van der Waals surface area (Å²) in [6.07, 6.45) is 1.55. The van der Waals surface area contributed by atoms with Crippen LogP contribution in [-0.4, -0.2) is 42.7 Å². The molecule has 0 atom stereocenters. The maximum absolute atomic E-state index is 13.9. The number of aromatic nitrogens is 6. The third-order valence-corrected chi connectivity index (χ3v) is 5.10. The van der Waals surface area contributed by atoms with Crippen LogP contribution in [0.1, 0.15) is 5.69 Å². The Morgan fingerprint density at radius 1 is 1.16 bits per heavy atom. The topological polar surface area (TPSA) is 87.2 Å². The number of carbonyl (C=O) groups is 1. The fourth-order valence-corrected chi connectivity index (χ4v) is 3.50. The van der Waals surface area contributed by atoms with E-state index >= 15 is 0 Å². The molecule has 154 valence electrons. The third-order valence-electron chi connectivity index (χ3n) is 4.84. The molecule has 10 heteroatoms. The highest BCUT2D eigenvalue weighted by atomic mass is 35.5. The Hall–Kier alpha value is -3.85. The second-order valence-electron chi connectivity index (χ2n) is 6.76. The number of hydrogen-bond donors (Lipinski definition) is 0. The van der Waals surface area contributed by atoms with Gasteiger partial charge in [-0.25, -0.2) is 9.07 Å². The van der Waals surface area contributed by atoms with Gasteiger partial charge < -0.3 is 4.74 Å². The quantitative estimate of drug-likeness (QED) is 0.400. The molecule has 0 amide bonds. The maximum Gasteiger partial charge on any atom is 0.311 e. The van der Waals surface area contributed by atoms with Crippen molar-refractivity contribution in [3.05, 3.63) is 71.3 Å². The highest BCUT2D eigenvalue weighted by molar-refractivity contribution is 6.30. The lowest BCUT2D eigenvalue weighted by atomic mass is 10.1. The molecule has 0 unspecified atom stereocenters. The molecule has 0 aliphatic carbocycles. The van der Waals surface area contributed by atoms with E-state index in [1.165, 1.54) is 23.9 Å². The summed E-state index contributed by atoms with van der Waals surface area (Å²) in [4.78, 5) is 11.9. The van der Waals surface area contributed by atoms with Crippen molar-refractivity contribution in [3.63, 3.8) is 0 Å². The van der Waals surface area contributed by atoms with Gasteiger partial charge in [0.05, 0.1) is 25.4 Å². The van der Waals surface area contributed by atoms with Crippen molar-refractivity contribution >= 4 is 34.4 Å². The molecule has 0 saturated carbocycles. The fraction of sp³-hybridized carbons (Fsp3) is 0.0952. The van der Waals surface area contributed by atoms with E-state index in [9.17, 15) is 9.18 Å². The summed E-state index contributed by atoms with van der Waals surface area (Å²) < 4.78 is 21.8. The van der Waals surface area contributed by atoms with Crippen LogP contribution in [0, 0.1) is 5.82 Å². The van der Waals surface area contributed by atoms with Crippen LogP contribution in [0.15, 0.2) is 54.7 Å². The molecule has 2 aromatic carbocycles. The normalized spacial score (nSPS) is 11.3.